The Morgan fingerprint density at radius 3 is 1.34 bits per heavy atom. The summed E-state index contributed by atoms with van der Waals surface area (Å²) in [5.41, 5.74) is 9.04. The number of aromatic nitrogens is 2. The smallest absolute Gasteiger partial charge is 0.227 e. The van der Waals surface area contributed by atoms with Crippen molar-refractivity contribution in [3.8, 4) is 6.07 Å². The van der Waals surface area contributed by atoms with E-state index in [1.807, 2.05) is 72.8 Å². The SMILES string of the molecule is [C-]#[N+]c1ccc(N(c2cc3c4ccccc4c(N(c4ccc(C#N)cc4)c4cccc5c4oc4ncccc45)cc3c3ccccc23)c2cccc3c2oc2ncccc23)cc1. The maximum atomic E-state index is 9.79. The maximum Gasteiger partial charge on any atom is 0.227 e. The lowest BCUT2D eigenvalue weighted by Gasteiger charge is -2.29. The lowest BCUT2D eigenvalue weighted by molar-refractivity contribution is 0.654. The number of rotatable bonds is 6. The highest BCUT2D eigenvalue weighted by Crippen LogP contribution is 2.50. The predicted octanol–water partition coefficient (Wildman–Crippen LogP) is 15.1. The Hall–Kier alpha value is -8.98. The number of furan rings is 2. The highest BCUT2D eigenvalue weighted by Gasteiger charge is 2.26. The molecule has 8 nitrogen and oxygen atoms in total. The van der Waals surface area contributed by atoms with Crippen molar-refractivity contribution >= 4 is 116 Å². The van der Waals surface area contributed by atoms with Gasteiger partial charge in [0.15, 0.2) is 16.9 Å². The highest BCUT2D eigenvalue weighted by atomic mass is 16.3. The zero-order chi connectivity index (χ0) is 41.3. The van der Waals surface area contributed by atoms with Gasteiger partial charge in [0.2, 0.25) is 11.4 Å². The predicted molar refractivity (Wildman–Crippen MR) is 249 cm³/mol. The number of anilines is 6. The summed E-state index contributed by atoms with van der Waals surface area (Å²) >= 11 is 0. The van der Waals surface area contributed by atoms with E-state index in [0.717, 1.165) is 88.0 Å². The Balaban J connectivity index is 1.17. The molecule has 0 unspecified atom stereocenters. The van der Waals surface area contributed by atoms with Crippen LogP contribution in [0.25, 0.3) is 81.3 Å². The number of hydrogen-bond donors (Lipinski definition) is 0. The molecule has 12 aromatic rings. The Morgan fingerprint density at radius 1 is 0.435 bits per heavy atom. The molecule has 0 bridgehead atoms. The fourth-order valence-electron chi connectivity index (χ4n) is 9.05. The summed E-state index contributed by atoms with van der Waals surface area (Å²) in [6.07, 6.45) is 3.50. The van der Waals surface area contributed by atoms with Gasteiger partial charge in [-0.15, -0.1) is 0 Å². The molecular weight excluding hydrogens is 765 g/mol. The molecule has 62 heavy (non-hydrogen) atoms. The lowest BCUT2D eigenvalue weighted by Crippen LogP contribution is -2.12. The summed E-state index contributed by atoms with van der Waals surface area (Å²) in [6.45, 7) is 7.70. The fourth-order valence-corrected chi connectivity index (χ4v) is 9.05. The van der Waals surface area contributed by atoms with E-state index in [4.69, 9.17) is 15.4 Å². The molecule has 0 fully saturated rings. The van der Waals surface area contributed by atoms with E-state index in [1.54, 1.807) is 12.4 Å². The van der Waals surface area contributed by atoms with Gasteiger partial charge in [0.1, 0.15) is 0 Å². The van der Waals surface area contributed by atoms with Gasteiger partial charge in [-0.3, -0.25) is 0 Å². The molecule has 0 aliphatic rings. The molecule has 0 saturated carbocycles. The van der Waals surface area contributed by atoms with Gasteiger partial charge < -0.3 is 18.6 Å². The van der Waals surface area contributed by atoms with Crippen LogP contribution in [0.5, 0.6) is 0 Å². The van der Waals surface area contributed by atoms with Gasteiger partial charge in [0, 0.05) is 56.1 Å². The number of nitrogens with zero attached hydrogens (tertiary/aromatic N) is 6. The Morgan fingerprint density at radius 2 is 0.871 bits per heavy atom. The van der Waals surface area contributed by atoms with E-state index < -0.39 is 0 Å². The Kier molecular flexibility index (Phi) is 7.80. The van der Waals surface area contributed by atoms with Crippen molar-refractivity contribution in [3.05, 3.63) is 199 Å². The van der Waals surface area contributed by atoms with Crippen molar-refractivity contribution in [2.24, 2.45) is 0 Å². The van der Waals surface area contributed by atoms with Crippen LogP contribution < -0.4 is 9.80 Å². The van der Waals surface area contributed by atoms with Crippen LogP contribution in [0.4, 0.5) is 39.8 Å². The first-order valence-corrected chi connectivity index (χ1v) is 20.1. The summed E-state index contributed by atoms with van der Waals surface area (Å²) in [5, 5.41) is 19.9. The van der Waals surface area contributed by atoms with E-state index in [9.17, 15) is 5.26 Å². The average Bonchev–Trinajstić information content (AvgIpc) is 3.92. The summed E-state index contributed by atoms with van der Waals surface area (Å²) in [4.78, 5) is 17.3. The van der Waals surface area contributed by atoms with Crippen molar-refractivity contribution in [1.82, 2.24) is 9.97 Å². The summed E-state index contributed by atoms with van der Waals surface area (Å²) in [6, 6.07) is 59.6. The summed E-state index contributed by atoms with van der Waals surface area (Å²) in [7, 11) is 0. The van der Waals surface area contributed by atoms with E-state index in [1.165, 1.54) is 0 Å². The van der Waals surface area contributed by atoms with Gasteiger partial charge in [-0.1, -0.05) is 84.9 Å². The molecule has 0 saturated heterocycles. The Labute approximate surface area is 354 Å². The zero-order valence-corrected chi connectivity index (χ0v) is 32.8. The van der Waals surface area contributed by atoms with E-state index in [2.05, 4.69) is 128 Å². The largest absolute Gasteiger partial charge is 0.435 e. The van der Waals surface area contributed by atoms with Crippen LogP contribution in [-0.4, -0.2) is 9.97 Å². The molecule has 0 aliphatic carbocycles. The van der Waals surface area contributed by atoms with Crippen LogP contribution in [-0.2, 0) is 0 Å². The second-order valence-corrected chi connectivity index (χ2v) is 15.2. The van der Waals surface area contributed by atoms with E-state index >= 15 is 0 Å². The number of para-hydroxylation sites is 2. The van der Waals surface area contributed by atoms with Crippen LogP contribution in [0.3, 0.4) is 0 Å². The van der Waals surface area contributed by atoms with Gasteiger partial charge in [0.25, 0.3) is 0 Å². The maximum absolute atomic E-state index is 9.79. The van der Waals surface area contributed by atoms with E-state index in [0.29, 0.717) is 33.8 Å². The van der Waals surface area contributed by atoms with Crippen LogP contribution in [0, 0.1) is 17.9 Å². The molecule has 0 N–H and O–H groups in total. The first-order chi connectivity index (χ1) is 30.7. The summed E-state index contributed by atoms with van der Waals surface area (Å²) in [5.74, 6) is 0. The van der Waals surface area contributed by atoms with Crippen molar-refractivity contribution in [1.29, 1.82) is 5.26 Å². The van der Waals surface area contributed by atoms with Gasteiger partial charge in [-0.05, 0) is 106 Å². The van der Waals surface area contributed by atoms with Gasteiger partial charge in [-0.25, -0.2) is 14.8 Å². The number of fused-ring (bicyclic) bond motifs is 11. The monoisotopic (exact) mass is 794 g/mol. The highest BCUT2D eigenvalue weighted by molar-refractivity contribution is 6.25. The normalized spacial score (nSPS) is 11.5. The third-order valence-corrected chi connectivity index (χ3v) is 11.8. The summed E-state index contributed by atoms with van der Waals surface area (Å²) < 4.78 is 13.2. The molecule has 4 heterocycles. The van der Waals surface area contributed by atoms with Gasteiger partial charge >= 0.3 is 0 Å². The molecule has 0 radical (unpaired) electrons. The van der Waals surface area contributed by atoms with Crippen molar-refractivity contribution in [2.75, 3.05) is 9.80 Å². The quantitative estimate of drug-likeness (QED) is 0.122. The number of pyridine rings is 2. The van der Waals surface area contributed by atoms with Crippen molar-refractivity contribution < 1.29 is 8.83 Å². The first-order valence-electron chi connectivity index (χ1n) is 20.1. The van der Waals surface area contributed by atoms with Crippen molar-refractivity contribution in [3.63, 3.8) is 0 Å². The average molecular weight is 795 g/mol. The molecule has 8 heteroatoms. The molecule has 12 rings (SSSR count). The molecule has 0 spiro atoms. The topological polar surface area (TPSA) is 86.7 Å². The van der Waals surface area contributed by atoms with Crippen molar-refractivity contribution in [2.45, 2.75) is 0 Å². The number of hydrogen-bond acceptors (Lipinski definition) is 7. The standard InChI is InChI=1S/C54H30N6O2/c1-56-34-22-26-36(27-23-34)60(48-19-7-15-42-44-17-9-29-58-54(44)62-52(42)48)50-31-46-37-10-2-4-12-39(37)49(30-45(46)38-11-3-5-13-40(38)50)59(35-24-20-33(32-55)21-25-35)47-18-6-14-41-43-16-8-28-57-53(43)61-51(41)47/h2-31H. The van der Waals surface area contributed by atoms with E-state index in [-0.39, 0.29) is 0 Å². The molecule has 288 valence electrons. The van der Waals surface area contributed by atoms with Crippen LogP contribution in [0.15, 0.2) is 191 Å². The third kappa shape index (κ3) is 5.31. The molecule has 0 aliphatic heterocycles. The Bertz CT molecular complexity index is 3600. The fraction of sp³-hybridized carbons (Fsp3) is 0. The van der Waals surface area contributed by atoms with Gasteiger partial charge in [0.05, 0.1) is 41.0 Å². The van der Waals surface area contributed by atoms with Crippen LogP contribution >= 0.6 is 0 Å². The molecule has 0 amide bonds. The van der Waals surface area contributed by atoms with Crippen LogP contribution in [0.2, 0.25) is 0 Å². The number of benzene rings is 8. The minimum atomic E-state index is 0.558. The lowest BCUT2D eigenvalue weighted by atomic mass is 9.93. The van der Waals surface area contributed by atoms with Gasteiger partial charge in [-0.2, -0.15) is 5.26 Å². The minimum absolute atomic E-state index is 0.558. The molecular formula is C54H30N6O2. The molecule has 8 aromatic carbocycles. The first kappa shape index (κ1) is 35.0. The second-order valence-electron chi connectivity index (χ2n) is 15.2. The molecule has 4 aromatic heterocycles. The minimum Gasteiger partial charge on any atom is -0.435 e. The van der Waals surface area contributed by atoms with Crippen LogP contribution in [0.1, 0.15) is 5.56 Å². The zero-order valence-electron chi connectivity index (χ0n) is 32.8. The second kappa shape index (κ2) is 13.8. The molecule has 0 atom stereocenters. The third-order valence-electron chi connectivity index (χ3n) is 11.8. The number of nitriles is 1.